The highest BCUT2D eigenvalue weighted by atomic mass is 35.5. The van der Waals surface area contributed by atoms with Crippen molar-refractivity contribution in [3.8, 4) is 0 Å². The lowest BCUT2D eigenvalue weighted by atomic mass is 9.63. The van der Waals surface area contributed by atoms with Gasteiger partial charge in [0.15, 0.2) is 0 Å². The summed E-state index contributed by atoms with van der Waals surface area (Å²) < 4.78 is 13.1. The fraction of sp³-hybridized carbons (Fsp3) is 1.00. The van der Waals surface area contributed by atoms with E-state index in [9.17, 15) is 0 Å². The predicted octanol–water partition coefficient (Wildman–Crippen LogP) is 5.47. The molecule has 1 aliphatic heterocycles. The van der Waals surface area contributed by atoms with Gasteiger partial charge in [0.2, 0.25) is 0 Å². The third kappa shape index (κ3) is 2.16. The zero-order chi connectivity index (χ0) is 17.3. The van der Waals surface area contributed by atoms with Crippen LogP contribution in [0.4, 0.5) is 0 Å². The summed E-state index contributed by atoms with van der Waals surface area (Å²) in [4.78, 5) is 0. The molecule has 0 N–H and O–H groups in total. The van der Waals surface area contributed by atoms with Crippen LogP contribution in [-0.4, -0.2) is 24.1 Å². The smallest absolute Gasteiger partial charge is 0.404 e. The molecule has 1 heterocycles. The molecule has 0 aromatic carbocycles. The van der Waals surface area contributed by atoms with Gasteiger partial charge >= 0.3 is 7.12 Å². The molecule has 0 amide bonds. The van der Waals surface area contributed by atoms with E-state index in [2.05, 4.69) is 34.6 Å². The van der Waals surface area contributed by atoms with Crippen LogP contribution in [0.2, 0.25) is 0 Å². The van der Waals surface area contributed by atoms with Crippen LogP contribution in [0.15, 0.2) is 0 Å². The Balaban J connectivity index is 1.62. The van der Waals surface area contributed by atoms with Crippen molar-refractivity contribution in [1.29, 1.82) is 0 Å². The van der Waals surface area contributed by atoms with Crippen molar-refractivity contribution in [1.82, 2.24) is 0 Å². The molecule has 4 heteroatoms. The second-order valence-corrected chi connectivity index (χ2v) is 10.6. The summed E-state index contributed by atoms with van der Waals surface area (Å²) in [5, 5.41) is -0.0108. The lowest BCUT2D eigenvalue weighted by Gasteiger charge is -2.48. The van der Waals surface area contributed by atoms with Crippen molar-refractivity contribution >= 4 is 18.7 Å². The van der Waals surface area contributed by atoms with Crippen LogP contribution in [0.1, 0.15) is 79.6 Å². The molecule has 1 saturated heterocycles. The third-order valence-corrected chi connectivity index (χ3v) is 9.06. The van der Waals surface area contributed by atoms with Gasteiger partial charge in [-0.2, -0.15) is 0 Å². The Morgan fingerprint density at radius 3 is 2.62 bits per heavy atom. The molecule has 7 atom stereocenters. The van der Waals surface area contributed by atoms with E-state index in [-0.39, 0.29) is 24.1 Å². The summed E-state index contributed by atoms with van der Waals surface area (Å²) in [7, 11) is -0.213. The van der Waals surface area contributed by atoms with Crippen LogP contribution in [0.3, 0.4) is 0 Å². The van der Waals surface area contributed by atoms with Gasteiger partial charge in [-0.05, 0) is 67.6 Å². The maximum Gasteiger partial charge on any atom is 0.476 e. The highest BCUT2D eigenvalue weighted by molar-refractivity contribution is 6.59. The predicted molar refractivity (Wildman–Crippen MR) is 100 cm³/mol. The van der Waals surface area contributed by atoms with Crippen LogP contribution in [0, 0.1) is 28.6 Å². The summed E-state index contributed by atoms with van der Waals surface area (Å²) in [5.41, 5.74) is 0.683. The number of fused-ring (bicyclic) bond motifs is 3. The van der Waals surface area contributed by atoms with Gasteiger partial charge < -0.3 is 9.31 Å². The van der Waals surface area contributed by atoms with Crippen molar-refractivity contribution in [2.75, 3.05) is 0 Å². The Kier molecular flexibility index (Phi) is 4.15. The van der Waals surface area contributed by atoms with E-state index < -0.39 is 0 Å². The van der Waals surface area contributed by atoms with Crippen LogP contribution in [0.5, 0.6) is 0 Å². The average molecular weight is 353 g/mol. The molecule has 3 saturated carbocycles. The first-order chi connectivity index (χ1) is 11.3. The standard InChI is InChI=1S/C20H34BClO2/c1-6-7-8-17(22)21-23-16-12-20-11-15(19(16,5)24-21)18(3,4)14(20)10-9-13(20)2/h13-17H,6-12H2,1-5H3/t13-,14+,15-,16+,17-,19-,20-/m1/s1. The van der Waals surface area contributed by atoms with Crippen LogP contribution < -0.4 is 0 Å². The minimum Gasteiger partial charge on any atom is -0.404 e. The third-order valence-electron chi connectivity index (χ3n) is 8.64. The first kappa shape index (κ1) is 17.7. The number of hydrogen-bond acceptors (Lipinski definition) is 2. The zero-order valence-corrected chi connectivity index (χ0v) is 16.9. The molecule has 0 unspecified atom stereocenters. The molecule has 0 aromatic rings. The van der Waals surface area contributed by atoms with Crippen molar-refractivity contribution in [2.45, 2.75) is 96.5 Å². The Hall–Kier alpha value is 0.275. The molecule has 2 nitrogen and oxygen atoms in total. The van der Waals surface area contributed by atoms with Crippen molar-refractivity contribution in [2.24, 2.45) is 28.6 Å². The lowest BCUT2D eigenvalue weighted by molar-refractivity contribution is -0.0768. The molecule has 2 bridgehead atoms. The molecule has 3 aliphatic carbocycles. The number of unbranched alkanes of at least 4 members (excludes halogenated alkanes) is 1. The molecule has 4 fully saturated rings. The zero-order valence-electron chi connectivity index (χ0n) is 16.1. The van der Waals surface area contributed by atoms with E-state index >= 15 is 0 Å². The summed E-state index contributed by atoms with van der Waals surface area (Å²) >= 11 is 6.65. The minimum absolute atomic E-state index is 0.0108. The molecular weight excluding hydrogens is 318 g/mol. The van der Waals surface area contributed by atoms with Gasteiger partial charge in [0.05, 0.1) is 17.0 Å². The Bertz CT molecular complexity index is 512. The summed E-state index contributed by atoms with van der Waals surface area (Å²) in [5.74, 6) is 2.26. The van der Waals surface area contributed by atoms with Gasteiger partial charge in [-0.15, -0.1) is 11.6 Å². The molecule has 0 aromatic heterocycles. The lowest BCUT2D eigenvalue weighted by Crippen LogP contribution is -2.52. The number of hydrogen-bond donors (Lipinski definition) is 0. The molecule has 24 heavy (non-hydrogen) atoms. The first-order valence-corrected chi connectivity index (χ1v) is 10.7. The van der Waals surface area contributed by atoms with Crippen molar-refractivity contribution in [3.63, 3.8) is 0 Å². The second kappa shape index (κ2) is 5.63. The maximum absolute atomic E-state index is 6.65. The number of alkyl halides is 1. The van der Waals surface area contributed by atoms with E-state index in [0.29, 0.717) is 16.7 Å². The summed E-state index contributed by atoms with van der Waals surface area (Å²) in [6.07, 6.45) is 8.85. The SMILES string of the molecule is CCCC[C@@H](Cl)B1O[C@H]2C[C@@]34C[C@H](C(C)(C)[C@@H]3CC[C@H]4C)[C@@]2(C)O1. The number of halogens is 1. The quantitative estimate of drug-likeness (QED) is 0.493. The molecule has 136 valence electrons. The first-order valence-electron chi connectivity index (χ1n) is 10.2. The Morgan fingerprint density at radius 1 is 1.17 bits per heavy atom. The van der Waals surface area contributed by atoms with Gasteiger partial charge in [-0.25, -0.2) is 0 Å². The fourth-order valence-corrected chi connectivity index (χ4v) is 7.56. The van der Waals surface area contributed by atoms with Gasteiger partial charge in [-0.3, -0.25) is 0 Å². The normalized spacial score (nSPS) is 50.0. The molecule has 4 rings (SSSR count). The van der Waals surface area contributed by atoms with Crippen molar-refractivity contribution in [3.05, 3.63) is 0 Å². The monoisotopic (exact) mass is 352 g/mol. The van der Waals surface area contributed by atoms with E-state index in [4.69, 9.17) is 20.9 Å². The van der Waals surface area contributed by atoms with Crippen LogP contribution in [0.25, 0.3) is 0 Å². The van der Waals surface area contributed by atoms with Gasteiger partial charge in [0.25, 0.3) is 0 Å². The molecule has 0 radical (unpaired) electrons. The second-order valence-electron chi connectivity index (χ2n) is 10.00. The minimum atomic E-state index is -0.213. The van der Waals surface area contributed by atoms with Gasteiger partial charge in [0.1, 0.15) is 0 Å². The summed E-state index contributed by atoms with van der Waals surface area (Å²) in [6.45, 7) is 12.0. The maximum atomic E-state index is 6.65. The average Bonchev–Trinajstić information content (AvgIpc) is 3.09. The Labute approximate surface area is 153 Å². The van der Waals surface area contributed by atoms with Crippen LogP contribution in [-0.2, 0) is 9.31 Å². The molecule has 4 aliphatic rings. The van der Waals surface area contributed by atoms with E-state index in [1.807, 2.05) is 0 Å². The van der Waals surface area contributed by atoms with E-state index in [1.165, 1.54) is 32.1 Å². The van der Waals surface area contributed by atoms with Crippen LogP contribution >= 0.6 is 11.6 Å². The number of rotatable bonds is 4. The largest absolute Gasteiger partial charge is 0.476 e. The fourth-order valence-electron chi connectivity index (χ4n) is 7.29. The highest BCUT2D eigenvalue weighted by Gasteiger charge is 2.73. The van der Waals surface area contributed by atoms with Crippen molar-refractivity contribution < 1.29 is 9.31 Å². The molecular formula is C20H34BClO2. The molecule has 1 spiro atoms. The topological polar surface area (TPSA) is 18.5 Å². The van der Waals surface area contributed by atoms with Gasteiger partial charge in [0, 0.05) is 0 Å². The summed E-state index contributed by atoms with van der Waals surface area (Å²) in [6, 6.07) is 0. The highest BCUT2D eigenvalue weighted by Crippen LogP contribution is 2.74. The van der Waals surface area contributed by atoms with Gasteiger partial charge in [-0.1, -0.05) is 40.5 Å². The Morgan fingerprint density at radius 2 is 1.92 bits per heavy atom. The van der Waals surface area contributed by atoms with E-state index in [0.717, 1.165) is 24.7 Å². The van der Waals surface area contributed by atoms with E-state index in [1.54, 1.807) is 0 Å².